The van der Waals surface area contributed by atoms with E-state index in [1.165, 1.54) is 5.56 Å². The predicted molar refractivity (Wildman–Crippen MR) is 46.5 cm³/mol. The van der Waals surface area contributed by atoms with Gasteiger partial charge in [-0.05, 0) is 24.0 Å². The minimum Gasteiger partial charge on any atom is -0.261 e. The van der Waals surface area contributed by atoms with E-state index in [0.717, 1.165) is 12.1 Å². The van der Waals surface area contributed by atoms with Crippen molar-refractivity contribution in [2.75, 3.05) is 0 Å². The van der Waals surface area contributed by atoms with Crippen LogP contribution in [0.2, 0.25) is 0 Å². The molecule has 1 rings (SSSR count). The van der Waals surface area contributed by atoms with E-state index < -0.39 is 0 Å². The Hall–Kier alpha value is -0.850. The van der Waals surface area contributed by atoms with Crippen molar-refractivity contribution in [2.45, 2.75) is 33.1 Å². The average Bonchev–Trinajstić information content (AvgIpc) is 2.05. The fourth-order valence-corrected chi connectivity index (χ4v) is 0.965. The van der Waals surface area contributed by atoms with Crippen molar-refractivity contribution in [3.8, 4) is 0 Å². The largest absolute Gasteiger partial charge is 0.261 e. The van der Waals surface area contributed by atoms with Gasteiger partial charge >= 0.3 is 0 Å². The maximum atomic E-state index is 4.18. The lowest BCUT2D eigenvalue weighted by molar-refractivity contribution is 0.851. The van der Waals surface area contributed by atoms with Gasteiger partial charge in [-0.2, -0.15) is 0 Å². The van der Waals surface area contributed by atoms with Crippen molar-refractivity contribution >= 4 is 0 Å². The van der Waals surface area contributed by atoms with Gasteiger partial charge in [0.05, 0.1) is 0 Å². The summed E-state index contributed by atoms with van der Waals surface area (Å²) in [5, 5.41) is 0. The van der Waals surface area contributed by atoms with Crippen molar-refractivity contribution in [1.29, 1.82) is 0 Å². The first-order valence-electron chi connectivity index (χ1n) is 4.11. The van der Waals surface area contributed by atoms with Gasteiger partial charge in [0.15, 0.2) is 0 Å². The molecular weight excluding hydrogens is 134 g/mol. The van der Waals surface area contributed by atoms with Crippen molar-refractivity contribution in [2.24, 2.45) is 0 Å². The van der Waals surface area contributed by atoms with Crippen LogP contribution in [0.15, 0.2) is 12.3 Å². The molecule has 0 aliphatic heterocycles. The van der Waals surface area contributed by atoms with Crippen LogP contribution in [0.1, 0.15) is 37.9 Å². The van der Waals surface area contributed by atoms with Crippen molar-refractivity contribution in [3.63, 3.8) is 0 Å². The third-order valence-electron chi connectivity index (χ3n) is 1.73. The van der Waals surface area contributed by atoms with Gasteiger partial charge in [0.25, 0.3) is 0 Å². The lowest BCUT2D eigenvalue weighted by Crippen LogP contribution is -1.92. The van der Waals surface area contributed by atoms with E-state index in [1.807, 2.05) is 12.3 Å². The van der Waals surface area contributed by atoms with E-state index >= 15 is 0 Å². The van der Waals surface area contributed by atoms with Gasteiger partial charge in [-0.3, -0.25) is 4.98 Å². The average molecular weight is 148 g/mol. The first-order valence-corrected chi connectivity index (χ1v) is 4.11. The SMILES string of the molecule is CCc1[c]c(C(C)C)ccn1. The Morgan fingerprint density at radius 2 is 2.27 bits per heavy atom. The number of nitrogens with zero attached hydrogens (tertiary/aromatic N) is 1. The lowest BCUT2D eigenvalue weighted by Gasteiger charge is -2.04. The summed E-state index contributed by atoms with van der Waals surface area (Å²) >= 11 is 0. The number of pyridine rings is 1. The molecule has 0 spiro atoms. The van der Waals surface area contributed by atoms with E-state index in [4.69, 9.17) is 0 Å². The maximum Gasteiger partial charge on any atom is 0.0482 e. The molecule has 0 fully saturated rings. The number of hydrogen-bond acceptors (Lipinski definition) is 1. The van der Waals surface area contributed by atoms with Gasteiger partial charge in [0, 0.05) is 18.0 Å². The van der Waals surface area contributed by atoms with E-state index in [9.17, 15) is 0 Å². The summed E-state index contributed by atoms with van der Waals surface area (Å²) in [5.74, 6) is 0.559. The zero-order valence-electron chi connectivity index (χ0n) is 7.39. The third-order valence-corrected chi connectivity index (χ3v) is 1.73. The number of aryl methyl sites for hydroxylation is 1. The highest BCUT2D eigenvalue weighted by Crippen LogP contribution is 2.12. The van der Waals surface area contributed by atoms with Gasteiger partial charge < -0.3 is 0 Å². The Balaban J connectivity index is 2.91. The molecule has 0 saturated carbocycles. The predicted octanol–water partition coefficient (Wildman–Crippen LogP) is 2.57. The zero-order valence-corrected chi connectivity index (χ0v) is 7.39. The Bertz CT molecular complexity index is 228. The Kier molecular flexibility index (Phi) is 2.64. The molecule has 1 nitrogen and oxygen atoms in total. The first-order chi connectivity index (χ1) is 5.24. The normalized spacial score (nSPS) is 10.5. The molecule has 0 atom stereocenters. The summed E-state index contributed by atoms with van der Waals surface area (Å²) in [5.41, 5.74) is 2.33. The summed E-state index contributed by atoms with van der Waals surface area (Å²) in [7, 11) is 0. The molecule has 0 unspecified atom stereocenters. The molecule has 0 aliphatic carbocycles. The molecule has 11 heavy (non-hydrogen) atoms. The van der Waals surface area contributed by atoms with E-state index in [0.29, 0.717) is 5.92 Å². The third kappa shape index (κ3) is 2.04. The minimum absolute atomic E-state index is 0.559. The summed E-state index contributed by atoms with van der Waals surface area (Å²) in [6.07, 6.45) is 2.84. The van der Waals surface area contributed by atoms with Crippen LogP contribution in [0.3, 0.4) is 0 Å². The van der Waals surface area contributed by atoms with Crippen LogP contribution in [0, 0.1) is 6.07 Å². The molecule has 0 aliphatic rings. The number of hydrogen-bond donors (Lipinski definition) is 0. The Morgan fingerprint density at radius 1 is 1.55 bits per heavy atom. The molecule has 0 aromatic carbocycles. The molecule has 0 amide bonds. The summed E-state index contributed by atoms with van der Waals surface area (Å²) in [6, 6.07) is 5.31. The fourth-order valence-electron chi connectivity index (χ4n) is 0.965. The quantitative estimate of drug-likeness (QED) is 0.628. The van der Waals surface area contributed by atoms with Crippen LogP contribution in [-0.2, 0) is 6.42 Å². The maximum absolute atomic E-state index is 4.18. The van der Waals surface area contributed by atoms with Crippen LogP contribution < -0.4 is 0 Å². The Morgan fingerprint density at radius 3 is 2.82 bits per heavy atom. The van der Waals surface area contributed by atoms with Gasteiger partial charge in [-0.1, -0.05) is 20.8 Å². The zero-order chi connectivity index (χ0) is 8.27. The first kappa shape index (κ1) is 8.25. The van der Waals surface area contributed by atoms with E-state index in [2.05, 4.69) is 31.8 Å². The topological polar surface area (TPSA) is 12.9 Å². The monoisotopic (exact) mass is 148 g/mol. The highest BCUT2D eigenvalue weighted by molar-refractivity contribution is 5.17. The van der Waals surface area contributed by atoms with Crippen LogP contribution in [-0.4, -0.2) is 4.98 Å². The summed E-state index contributed by atoms with van der Waals surface area (Å²) in [6.45, 7) is 6.44. The second-order valence-corrected chi connectivity index (χ2v) is 2.98. The van der Waals surface area contributed by atoms with Gasteiger partial charge in [0.1, 0.15) is 0 Å². The van der Waals surface area contributed by atoms with Gasteiger partial charge in [-0.25, -0.2) is 0 Å². The van der Waals surface area contributed by atoms with E-state index in [-0.39, 0.29) is 0 Å². The van der Waals surface area contributed by atoms with Gasteiger partial charge in [-0.15, -0.1) is 0 Å². The van der Waals surface area contributed by atoms with Crippen LogP contribution in [0.5, 0.6) is 0 Å². The molecule has 1 aromatic rings. The van der Waals surface area contributed by atoms with Crippen molar-refractivity contribution in [3.05, 3.63) is 29.6 Å². The van der Waals surface area contributed by atoms with Crippen LogP contribution >= 0.6 is 0 Å². The molecular formula is C10H14N. The molecule has 1 heterocycles. The van der Waals surface area contributed by atoms with Crippen molar-refractivity contribution < 1.29 is 0 Å². The number of rotatable bonds is 2. The lowest BCUT2D eigenvalue weighted by atomic mass is 10.0. The molecule has 1 aromatic heterocycles. The molecule has 1 radical (unpaired) electrons. The molecule has 0 saturated heterocycles. The molecule has 59 valence electrons. The molecule has 0 bridgehead atoms. The highest BCUT2D eigenvalue weighted by Gasteiger charge is 1.99. The molecule has 1 heteroatoms. The fraction of sp³-hybridized carbons (Fsp3) is 0.500. The van der Waals surface area contributed by atoms with Crippen LogP contribution in [0.25, 0.3) is 0 Å². The van der Waals surface area contributed by atoms with E-state index in [1.54, 1.807) is 0 Å². The van der Waals surface area contributed by atoms with Gasteiger partial charge in [0.2, 0.25) is 0 Å². The summed E-state index contributed by atoms with van der Waals surface area (Å²) < 4.78 is 0. The highest BCUT2D eigenvalue weighted by atomic mass is 14.7. The molecule has 0 N–H and O–H groups in total. The second kappa shape index (κ2) is 3.51. The summed E-state index contributed by atoms with van der Waals surface area (Å²) in [4.78, 5) is 4.18. The standard InChI is InChI=1S/C10H14N/c1-4-10-7-9(8(2)3)5-6-11-10/h5-6,8H,4H2,1-3H3. The number of aromatic nitrogens is 1. The second-order valence-electron chi connectivity index (χ2n) is 2.98. The minimum atomic E-state index is 0.559. The smallest absolute Gasteiger partial charge is 0.0482 e. The van der Waals surface area contributed by atoms with Crippen LogP contribution in [0.4, 0.5) is 0 Å². The Labute approximate surface area is 68.5 Å². The van der Waals surface area contributed by atoms with Crippen molar-refractivity contribution in [1.82, 2.24) is 4.98 Å².